The second kappa shape index (κ2) is 6.52. The van der Waals surface area contributed by atoms with Gasteiger partial charge in [0.1, 0.15) is 11.6 Å². The lowest BCUT2D eigenvalue weighted by Crippen LogP contribution is -2.11. The number of hydrogen-bond donors (Lipinski definition) is 0. The van der Waals surface area contributed by atoms with Crippen molar-refractivity contribution in [3.05, 3.63) is 28.2 Å². The number of alkyl halides is 4. The Kier molecular flexibility index (Phi) is 5.14. The Hall–Kier alpha value is -0.820. The summed E-state index contributed by atoms with van der Waals surface area (Å²) in [6, 6.07) is 2.79. The van der Waals surface area contributed by atoms with E-state index in [9.17, 15) is 17.6 Å². The third kappa shape index (κ3) is 4.10. The van der Waals surface area contributed by atoms with E-state index < -0.39 is 18.4 Å². The molecule has 0 N–H and O–H groups in total. The molecule has 1 heterocycles. The number of imidazole rings is 1. The van der Waals surface area contributed by atoms with Gasteiger partial charge in [-0.3, -0.25) is 0 Å². The first kappa shape index (κ1) is 16.5. The first-order chi connectivity index (χ1) is 9.81. The second-order valence-electron chi connectivity index (χ2n) is 4.59. The van der Waals surface area contributed by atoms with Gasteiger partial charge in [-0.15, -0.1) is 11.6 Å². The Morgan fingerprint density at radius 3 is 2.62 bits per heavy atom. The molecule has 0 bridgehead atoms. The zero-order valence-corrected chi connectivity index (χ0v) is 13.2. The van der Waals surface area contributed by atoms with Crippen LogP contribution in [-0.2, 0) is 13.0 Å². The largest absolute Gasteiger partial charge is 0.389 e. The molecule has 21 heavy (non-hydrogen) atoms. The van der Waals surface area contributed by atoms with Crippen LogP contribution in [0.3, 0.4) is 0 Å². The molecule has 1 aromatic carbocycles. The van der Waals surface area contributed by atoms with Crippen LogP contribution in [0.5, 0.6) is 0 Å². The van der Waals surface area contributed by atoms with Gasteiger partial charge in [-0.25, -0.2) is 9.37 Å². The fraction of sp³-hybridized carbons (Fsp3) is 0.462. The monoisotopic (exact) mass is 386 g/mol. The summed E-state index contributed by atoms with van der Waals surface area (Å²) in [5, 5.41) is 0. The number of aromatic nitrogens is 2. The van der Waals surface area contributed by atoms with Gasteiger partial charge in [-0.1, -0.05) is 0 Å². The topological polar surface area (TPSA) is 17.8 Å². The number of benzene rings is 1. The van der Waals surface area contributed by atoms with Crippen molar-refractivity contribution in [1.29, 1.82) is 0 Å². The maximum Gasteiger partial charge on any atom is 0.389 e. The molecule has 0 spiro atoms. The van der Waals surface area contributed by atoms with Crippen LogP contribution >= 0.6 is 27.5 Å². The van der Waals surface area contributed by atoms with E-state index in [1.165, 1.54) is 12.1 Å². The van der Waals surface area contributed by atoms with E-state index in [1.54, 1.807) is 4.57 Å². The summed E-state index contributed by atoms with van der Waals surface area (Å²) in [6.07, 6.45) is -4.69. The van der Waals surface area contributed by atoms with E-state index in [1.807, 2.05) is 0 Å². The molecule has 0 fully saturated rings. The maximum absolute atomic E-state index is 13.5. The third-order valence-electron chi connectivity index (χ3n) is 3.03. The molecule has 116 valence electrons. The van der Waals surface area contributed by atoms with Gasteiger partial charge in [0.15, 0.2) is 0 Å². The third-order valence-corrected chi connectivity index (χ3v) is 3.83. The summed E-state index contributed by atoms with van der Waals surface area (Å²) in [7, 11) is 0. The average molecular weight is 388 g/mol. The molecular formula is C13H12BrClF4N2. The van der Waals surface area contributed by atoms with Gasteiger partial charge in [-0.2, -0.15) is 13.2 Å². The number of hydrogen-bond acceptors (Lipinski definition) is 1. The minimum atomic E-state index is -4.18. The fourth-order valence-electron chi connectivity index (χ4n) is 2.13. The molecule has 2 nitrogen and oxygen atoms in total. The van der Waals surface area contributed by atoms with Crippen LogP contribution in [0, 0.1) is 5.82 Å². The van der Waals surface area contributed by atoms with Crippen molar-refractivity contribution >= 4 is 38.6 Å². The molecule has 0 atom stereocenters. The smallest absolute Gasteiger partial charge is 0.328 e. The van der Waals surface area contributed by atoms with Crippen LogP contribution in [-0.4, -0.2) is 21.6 Å². The molecular weight excluding hydrogens is 376 g/mol. The molecule has 0 aliphatic rings. The van der Waals surface area contributed by atoms with E-state index in [4.69, 9.17) is 11.6 Å². The molecule has 8 heteroatoms. The summed E-state index contributed by atoms with van der Waals surface area (Å²) in [4.78, 5) is 4.26. The van der Waals surface area contributed by atoms with Crippen molar-refractivity contribution in [2.75, 3.05) is 5.88 Å². The van der Waals surface area contributed by atoms with Crippen molar-refractivity contribution in [3.63, 3.8) is 0 Å². The molecule has 2 rings (SSSR count). The van der Waals surface area contributed by atoms with Gasteiger partial charge in [0, 0.05) is 31.3 Å². The first-order valence-corrected chi connectivity index (χ1v) is 7.61. The minimum absolute atomic E-state index is 0.0563. The van der Waals surface area contributed by atoms with Crippen LogP contribution in [0.2, 0.25) is 0 Å². The van der Waals surface area contributed by atoms with E-state index in [2.05, 4.69) is 20.9 Å². The van der Waals surface area contributed by atoms with Crippen LogP contribution in [0.4, 0.5) is 17.6 Å². The molecule has 2 aromatic rings. The lowest BCUT2D eigenvalue weighted by Gasteiger charge is -2.10. The van der Waals surface area contributed by atoms with Crippen molar-refractivity contribution in [2.45, 2.75) is 32.0 Å². The quantitative estimate of drug-likeness (QED) is 0.518. The Morgan fingerprint density at radius 2 is 2.00 bits per heavy atom. The summed E-state index contributed by atoms with van der Waals surface area (Å²) < 4.78 is 52.2. The van der Waals surface area contributed by atoms with Crippen molar-refractivity contribution in [2.24, 2.45) is 0 Å². The molecule has 0 saturated carbocycles. The van der Waals surface area contributed by atoms with E-state index in [-0.39, 0.29) is 17.4 Å². The van der Waals surface area contributed by atoms with Crippen LogP contribution in [0.25, 0.3) is 11.0 Å². The van der Waals surface area contributed by atoms with E-state index >= 15 is 0 Å². The molecule has 0 radical (unpaired) electrons. The van der Waals surface area contributed by atoms with Crippen LogP contribution in [0.1, 0.15) is 18.7 Å². The molecule has 1 aromatic heterocycles. The number of halogens is 6. The zero-order valence-electron chi connectivity index (χ0n) is 10.9. The highest BCUT2D eigenvalue weighted by molar-refractivity contribution is 9.10. The van der Waals surface area contributed by atoms with Crippen molar-refractivity contribution < 1.29 is 17.6 Å². The lowest BCUT2D eigenvalue weighted by molar-refractivity contribution is -0.135. The molecule has 0 amide bonds. The molecule has 0 saturated heterocycles. The standard InChI is InChI=1S/C13H12BrClF4N2/c14-8-6-11-10(7-9(8)16)20-12(2-4-15)21(11)5-1-3-13(17,18)19/h6-7H,1-5H2. The van der Waals surface area contributed by atoms with Crippen LogP contribution < -0.4 is 0 Å². The van der Waals surface area contributed by atoms with E-state index in [0.717, 1.165) is 0 Å². The highest BCUT2D eigenvalue weighted by Gasteiger charge is 2.26. The van der Waals surface area contributed by atoms with Gasteiger partial charge < -0.3 is 4.57 Å². The Labute approximate surface area is 132 Å². The highest BCUT2D eigenvalue weighted by atomic mass is 79.9. The predicted molar refractivity (Wildman–Crippen MR) is 77.1 cm³/mol. The zero-order chi connectivity index (χ0) is 15.6. The van der Waals surface area contributed by atoms with Gasteiger partial charge in [0.2, 0.25) is 0 Å². The summed E-state index contributed by atoms with van der Waals surface area (Å²) in [5.41, 5.74) is 1.02. The minimum Gasteiger partial charge on any atom is -0.328 e. The first-order valence-electron chi connectivity index (χ1n) is 6.28. The maximum atomic E-state index is 13.5. The molecule has 0 unspecified atom stereocenters. The SMILES string of the molecule is Fc1cc2nc(CCCl)n(CCCC(F)(F)F)c2cc1Br. The van der Waals surface area contributed by atoms with E-state index in [0.29, 0.717) is 29.2 Å². The number of aryl methyl sites for hydroxylation is 2. The van der Waals surface area contributed by atoms with Gasteiger partial charge >= 0.3 is 6.18 Å². The Balaban J connectivity index is 2.34. The molecule has 0 aliphatic heterocycles. The van der Waals surface area contributed by atoms with Gasteiger partial charge in [0.05, 0.1) is 15.5 Å². The summed E-state index contributed by atoms with van der Waals surface area (Å²) >= 11 is 8.76. The highest BCUT2D eigenvalue weighted by Crippen LogP contribution is 2.26. The van der Waals surface area contributed by atoms with Gasteiger partial charge in [-0.05, 0) is 28.4 Å². The predicted octanol–water partition coefficient (Wildman–Crippen LogP) is 5.06. The summed E-state index contributed by atoms with van der Waals surface area (Å²) in [6.45, 7) is 0.167. The van der Waals surface area contributed by atoms with Gasteiger partial charge in [0.25, 0.3) is 0 Å². The Bertz CT molecular complexity index is 639. The number of rotatable bonds is 5. The van der Waals surface area contributed by atoms with Crippen molar-refractivity contribution in [1.82, 2.24) is 9.55 Å². The second-order valence-corrected chi connectivity index (χ2v) is 5.82. The van der Waals surface area contributed by atoms with Crippen molar-refractivity contribution in [3.8, 4) is 0 Å². The molecule has 0 aliphatic carbocycles. The lowest BCUT2D eigenvalue weighted by atomic mass is 10.2. The fourth-order valence-corrected chi connectivity index (χ4v) is 2.63. The Morgan fingerprint density at radius 1 is 1.29 bits per heavy atom. The van der Waals surface area contributed by atoms with Crippen LogP contribution in [0.15, 0.2) is 16.6 Å². The average Bonchev–Trinajstić information content (AvgIpc) is 2.67. The summed E-state index contributed by atoms with van der Waals surface area (Å²) in [5.74, 6) is 0.409. The number of nitrogens with zero attached hydrogens (tertiary/aromatic N) is 2. The normalized spacial score (nSPS) is 12.3. The number of fused-ring (bicyclic) bond motifs is 1.